The summed E-state index contributed by atoms with van der Waals surface area (Å²) in [4.78, 5) is 19.8. The predicted molar refractivity (Wildman–Crippen MR) is 135 cm³/mol. The lowest BCUT2D eigenvalue weighted by Crippen LogP contribution is -2.44. The molecule has 3 aliphatic rings. The molecule has 188 valence electrons. The van der Waals surface area contributed by atoms with Gasteiger partial charge in [-0.3, -0.25) is 14.6 Å². The van der Waals surface area contributed by atoms with Gasteiger partial charge in [-0.25, -0.2) is 0 Å². The van der Waals surface area contributed by atoms with Crippen molar-refractivity contribution in [1.82, 2.24) is 14.7 Å². The molecule has 2 aromatic rings. The first-order valence-electron chi connectivity index (χ1n) is 12.9. The van der Waals surface area contributed by atoms with E-state index in [2.05, 4.69) is 34.1 Å². The van der Waals surface area contributed by atoms with Crippen molar-refractivity contribution in [3.05, 3.63) is 64.7 Å². The second kappa shape index (κ2) is 11.1. The van der Waals surface area contributed by atoms with E-state index in [9.17, 15) is 9.90 Å². The highest BCUT2D eigenvalue weighted by atomic mass is 16.5. The zero-order valence-corrected chi connectivity index (χ0v) is 20.7. The molecule has 2 atom stereocenters. The van der Waals surface area contributed by atoms with Crippen LogP contribution in [0.3, 0.4) is 0 Å². The number of nitrogens with zero attached hydrogens (tertiary/aromatic N) is 3. The van der Waals surface area contributed by atoms with Crippen molar-refractivity contribution < 1.29 is 19.4 Å². The first-order valence-corrected chi connectivity index (χ1v) is 12.9. The van der Waals surface area contributed by atoms with E-state index < -0.39 is 6.10 Å². The van der Waals surface area contributed by atoms with Crippen LogP contribution in [0.15, 0.2) is 42.5 Å². The number of amides is 1. The minimum atomic E-state index is -0.599. The normalized spacial score (nSPS) is 21.8. The summed E-state index contributed by atoms with van der Waals surface area (Å²) in [6, 6.07) is 14.9. The molecule has 0 saturated carbocycles. The van der Waals surface area contributed by atoms with Crippen LogP contribution in [-0.2, 0) is 24.2 Å². The van der Waals surface area contributed by atoms with E-state index in [4.69, 9.17) is 9.47 Å². The SMILES string of the molecule is COC[C@H]1CCCN1Cc1ccc2c(c1)OCCN(C[C@H](O)CN1CCc3ccccc3C1)C2=O. The second-order valence-electron chi connectivity index (χ2n) is 10.1. The van der Waals surface area contributed by atoms with Gasteiger partial charge in [-0.1, -0.05) is 30.3 Å². The van der Waals surface area contributed by atoms with Crippen molar-refractivity contribution in [3.8, 4) is 5.75 Å². The number of aliphatic hydroxyl groups is 1. The summed E-state index contributed by atoms with van der Waals surface area (Å²) in [5.74, 6) is 0.588. The van der Waals surface area contributed by atoms with Crippen molar-refractivity contribution in [1.29, 1.82) is 0 Å². The third-order valence-electron chi connectivity index (χ3n) is 7.54. The zero-order valence-electron chi connectivity index (χ0n) is 20.7. The second-order valence-corrected chi connectivity index (χ2v) is 10.1. The number of likely N-dealkylation sites (tertiary alicyclic amines) is 1. The number of fused-ring (bicyclic) bond motifs is 2. The van der Waals surface area contributed by atoms with Gasteiger partial charge < -0.3 is 19.5 Å². The van der Waals surface area contributed by atoms with Gasteiger partial charge in [-0.2, -0.15) is 0 Å². The van der Waals surface area contributed by atoms with Crippen molar-refractivity contribution in [2.75, 3.05) is 53.0 Å². The van der Waals surface area contributed by atoms with Crippen LogP contribution in [0.5, 0.6) is 5.75 Å². The predicted octanol–water partition coefficient (Wildman–Crippen LogP) is 2.55. The Morgan fingerprint density at radius 1 is 1.11 bits per heavy atom. The summed E-state index contributed by atoms with van der Waals surface area (Å²) in [6.45, 7) is 6.21. The molecule has 0 unspecified atom stereocenters. The third-order valence-corrected chi connectivity index (χ3v) is 7.54. The molecule has 0 aliphatic carbocycles. The highest BCUT2D eigenvalue weighted by Crippen LogP contribution is 2.27. The molecular weight excluding hydrogens is 442 g/mol. The number of ether oxygens (including phenoxy) is 2. The first-order chi connectivity index (χ1) is 17.1. The topological polar surface area (TPSA) is 65.5 Å². The number of carbonyl (C=O) groups is 1. The summed E-state index contributed by atoms with van der Waals surface area (Å²) in [6.07, 6.45) is 2.75. The monoisotopic (exact) mass is 479 g/mol. The van der Waals surface area contributed by atoms with Gasteiger partial charge in [0.15, 0.2) is 0 Å². The van der Waals surface area contributed by atoms with Crippen LogP contribution >= 0.6 is 0 Å². The molecule has 5 rings (SSSR count). The summed E-state index contributed by atoms with van der Waals surface area (Å²) in [7, 11) is 1.76. The van der Waals surface area contributed by atoms with Crippen LogP contribution in [0.25, 0.3) is 0 Å². The van der Waals surface area contributed by atoms with Crippen LogP contribution < -0.4 is 4.74 Å². The Hall–Kier alpha value is -2.45. The standard InChI is InChI=1S/C28H37N3O4/c1-34-20-24-7-4-11-30(24)16-21-8-9-26-27(15-21)35-14-13-31(28(26)33)19-25(32)18-29-12-10-22-5-2-3-6-23(22)17-29/h2-3,5-6,8-9,15,24-25,32H,4,7,10-14,16-20H2,1H3/t24-,25-/m1/s1. The quantitative estimate of drug-likeness (QED) is 0.628. The molecule has 1 N–H and O–H groups in total. The summed E-state index contributed by atoms with van der Waals surface area (Å²) < 4.78 is 11.4. The third kappa shape index (κ3) is 5.70. The van der Waals surface area contributed by atoms with Crippen LogP contribution in [0.1, 0.15) is 39.9 Å². The first kappa shape index (κ1) is 24.3. The van der Waals surface area contributed by atoms with Gasteiger partial charge in [0.1, 0.15) is 12.4 Å². The van der Waals surface area contributed by atoms with E-state index >= 15 is 0 Å². The van der Waals surface area contributed by atoms with Gasteiger partial charge in [0.25, 0.3) is 5.91 Å². The number of aliphatic hydroxyl groups excluding tert-OH is 1. The lowest BCUT2D eigenvalue weighted by atomic mass is 10.00. The summed E-state index contributed by atoms with van der Waals surface area (Å²) in [5, 5.41) is 10.8. The van der Waals surface area contributed by atoms with Gasteiger partial charge >= 0.3 is 0 Å². The molecule has 7 nitrogen and oxygen atoms in total. The average molecular weight is 480 g/mol. The van der Waals surface area contributed by atoms with Crippen LogP contribution in [0.2, 0.25) is 0 Å². The van der Waals surface area contributed by atoms with Crippen LogP contribution in [0, 0.1) is 0 Å². The maximum absolute atomic E-state index is 13.3. The number of benzene rings is 2. The lowest BCUT2D eigenvalue weighted by Gasteiger charge is -2.32. The van der Waals surface area contributed by atoms with Crippen molar-refractivity contribution >= 4 is 5.91 Å². The highest BCUT2D eigenvalue weighted by Gasteiger charge is 2.28. The molecule has 0 radical (unpaired) electrons. The fourth-order valence-corrected chi connectivity index (χ4v) is 5.71. The molecule has 3 aliphatic heterocycles. The number of rotatable bonds is 8. The van der Waals surface area contributed by atoms with Crippen molar-refractivity contribution in [2.24, 2.45) is 0 Å². The minimum absolute atomic E-state index is 0.0643. The molecule has 7 heteroatoms. The van der Waals surface area contributed by atoms with Gasteiger partial charge in [0.2, 0.25) is 0 Å². The maximum atomic E-state index is 13.3. The molecule has 1 amide bonds. The molecule has 35 heavy (non-hydrogen) atoms. The highest BCUT2D eigenvalue weighted by molar-refractivity contribution is 5.97. The molecule has 1 fully saturated rings. The van der Waals surface area contributed by atoms with Gasteiger partial charge in [-0.15, -0.1) is 0 Å². The average Bonchev–Trinajstić information content (AvgIpc) is 3.23. The Balaban J connectivity index is 1.19. The van der Waals surface area contributed by atoms with Crippen LogP contribution in [0.4, 0.5) is 0 Å². The van der Waals surface area contributed by atoms with E-state index in [0.717, 1.165) is 51.2 Å². The Morgan fingerprint density at radius 3 is 2.83 bits per heavy atom. The molecule has 0 spiro atoms. The van der Waals surface area contributed by atoms with Gasteiger partial charge in [-0.05, 0) is 54.6 Å². The molecule has 0 bridgehead atoms. The molecule has 3 heterocycles. The van der Waals surface area contributed by atoms with Crippen molar-refractivity contribution in [2.45, 2.75) is 44.5 Å². The van der Waals surface area contributed by atoms with Crippen LogP contribution in [-0.4, -0.2) is 90.9 Å². The zero-order chi connectivity index (χ0) is 24.2. The Kier molecular flexibility index (Phi) is 7.68. The number of hydrogen-bond acceptors (Lipinski definition) is 6. The van der Waals surface area contributed by atoms with Crippen molar-refractivity contribution in [3.63, 3.8) is 0 Å². The van der Waals surface area contributed by atoms with E-state index in [-0.39, 0.29) is 5.91 Å². The fourth-order valence-electron chi connectivity index (χ4n) is 5.71. The summed E-state index contributed by atoms with van der Waals surface area (Å²) >= 11 is 0. The minimum Gasteiger partial charge on any atom is -0.491 e. The number of carbonyl (C=O) groups excluding carboxylic acids is 1. The van der Waals surface area contributed by atoms with Gasteiger partial charge in [0.05, 0.1) is 24.8 Å². The Labute approximate surface area is 208 Å². The van der Waals surface area contributed by atoms with E-state index in [0.29, 0.717) is 43.6 Å². The molecule has 0 aromatic heterocycles. The number of hydrogen-bond donors (Lipinski definition) is 1. The summed E-state index contributed by atoms with van der Waals surface area (Å²) in [5.41, 5.74) is 4.46. The molecule has 1 saturated heterocycles. The molecule has 2 aromatic carbocycles. The molecular formula is C28H37N3O4. The van der Waals surface area contributed by atoms with E-state index in [1.807, 2.05) is 18.2 Å². The Morgan fingerprint density at radius 2 is 1.97 bits per heavy atom. The fraction of sp³-hybridized carbons (Fsp3) is 0.536. The maximum Gasteiger partial charge on any atom is 0.257 e. The largest absolute Gasteiger partial charge is 0.491 e. The lowest BCUT2D eigenvalue weighted by molar-refractivity contribution is 0.0501. The smallest absolute Gasteiger partial charge is 0.257 e. The van der Waals surface area contributed by atoms with E-state index in [1.54, 1.807) is 12.0 Å². The Bertz CT molecular complexity index is 1030. The van der Waals surface area contributed by atoms with Gasteiger partial charge in [0, 0.05) is 45.9 Å². The number of methoxy groups -OCH3 is 1. The van der Waals surface area contributed by atoms with E-state index in [1.165, 1.54) is 17.5 Å². The number of β-amino-alcohol motifs (C(OH)–C–C–N with tert-alkyl or cyclic N) is 1.